The van der Waals surface area contributed by atoms with Gasteiger partial charge in [-0.1, -0.05) is 35.9 Å². The molecule has 0 bridgehead atoms. The molecular formula is C23H24ClN3O3. The Morgan fingerprint density at radius 1 is 1.10 bits per heavy atom. The Kier molecular flexibility index (Phi) is 7.41. The van der Waals surface area contributed by atoms with E-state index in [0.29, 0.717) is 23.8 Å². The summed E-state index contributed by atoms with van der Waals surface area (Å²) >= 11 is 5.97. The number of nitrogens with one attached hydrogen (secondary N) is 2. The van der Waals surface area contributed by atoms with Crippen LogP contribution in [0, 0.1) is 0 Å². The van der Waals surface area contributed by atoms with Crippen molar-refractivity contribution in [3.05, 3.63) is 83.0 Å². The Balaban J connectivity index is 1.57. The molecule has 6 nitrogen and oxygen atoms in total. The van der Waals surface area contributed by atoms with Gasteiger partial charge in [-0.3, -0.25) is 4.98 Å². The molecule has 30 heavy (non-hydrogen) atoms. The number of halogens is 1. The second-order valence-electron chi connectivity index (χ2n) is 7.05. The van der Waals surface area contributed by atoms with Gasteiger partial charge in [-0.05, 0) is 48.9 Å². The van der Waals surface area contributed by atoms with Crippen LogP contribution in [0.5, 0.6) is 0 Å². The molecule has 4 N–H and O–H groups in total. The normalized spacial score (nSPS) is 12.9. The number of benzene rings is 2. The number of carbonyl (C=O) groups is 1. The third kappa shape index (κ3) is 5.79. The fraction of sp³-hybridized carbons (Fsp3) is 0.217. The molecule has 0 aliphatic rings. The average Bonchev–Trinajstić information content (AvgIpc) is 2.76. The van der Waals surface area contributed by atoms with Crippen LogP contribution in [0.2, 0.25) is 5.02 Å². The SMILES string of the molecule is CC(CNc1cccc(-c2ncccc2C(=O)O)c1)NCC(O)c1cccc(Cl)c1. The highest BCUT2D eigenvalue weighted by Crippen LogP contribution is 2.24. The number of aliphatic hydroxyl groups is 1. The molecule has 2 unspecified atom stereocenters. The predicted octanol–water partition coefficient (Wildman–Crippen LogP) is 4.22. The van der Waals surface area contributed by atoms with Crippen molar-refractivity contribution in [2.75, 3.05) is 18.4 Å². The van der Waals surface area contributed by atoms with E-state index in [1.54, 1.807) is 30.5 Å². The van der Waals surface area contributed by atoms with Crippen LogP contribution in [0.1, 0.15) is 28.9 Å². The molecule has 0 saturated carbocycles. The van der Waals surface area contributed by atoms with Crippen LogP contribution in [0.3, 0.4) is 0 Å². The van der Waals surface area contributed by atoms with Gasteiger partial charge in [-0.15, -0.1) is 0 Å². The van der Waals surface area contributed by atoms with Gasteiger partial charge in [0.25, 0.3) is 0 Å². The fourth-order valence-electron chi connectivity index (χ4n) is 3.07. The Hall–Kier alpha value is -2.93. The summed E-state index contributed by atoms with van der Waals surface area (Å²) in [6.07, 6.45) is 0.937. The summed E-state index contributed by atoms with van der Waals surface area (Å²) in [5.74, 6) is -1.01. The molecule has 0 radical (unpaired) electrons. The molecule has 156 valence electrons. The lowest BCUT2D eigenvalue weighted by Crippen LogP contribution is -2.35. The standard InChI is InChI=1S/C23H24ClN3O3/c1-15(26-14-21(28)16-5-2-7-18(24)11-16)13-27-19-8-3-6-17(12-19)22-20(23(29)30)9-4-10-25-22/h2-12,15,21,26-28H,13-14H2,1H3,(H,29,30). The number of nitrogens with zero attached hydrogens (tertiary/aromatic N) is 1. The first kappa shape index (κ1) is 21.8. The Morgan fingerprint density at radius 2 is 1.90 bits per heavy atom. The number of anilines is 1. The van der Waals surface area contributed by atoms with Crippen molar-refractivity contribution >= 4 is 23.3 Å². The van der Waals surface area contributed by atoms with E-state index in [9.17, 15) is 15.0 Å². The highest BCUT2D eigenvalue weighted by molar-refractivity contribution is 6.30. The molecule has 0 amide bonds. The van der Waals surface area contributed by atoms with Gasteiger partial charge in [0.2, 0.25) is 0 Å². The second kappa shape index (κ2) is 10.2. The van der Waals surface area contributed by atoms with E-state index in [0.717, 1.165) is 16.8 Å². The molecule has 0 fully saturated rings. The van der Waals surface area contributed by atoms with E-state index >= 15 is 0 Å². The van der Waals surface area contributed by atoms with Crippen molar-refractivity contribution in [2.45, 2.75) is 19.1 Å². The summed E-state index contributed by atoms with van der Waals surface area (Å²) in [5.41, 5.74) is 2.96. The number of pyridine rings is 1. The minimum absolute atomic E-state index is 0.0897. The van der Waals surface area contributed by atoms with Gasteiger partial charge >= 0.3 is 5.97 Å². The Morgan fingerprint density at radius 3 is 2.67 bits per heavy atom. The number of aliphatic hydroxyl groups excluding tert-OH is 1. The molecule has 3 rings (SSSR count). The van der Waals surface area contributed by atoms with E-state index in [4.69, 9.17) is 11.6 Å². The van der Waals surface area contributed by atoms with Gasteiger partial charge < -0.3 is 20.8 Å². The van der Waals surface area contributed by atoms with Crippen LogP contribution < -0.4 is 10.6 Å². The molecule has 2 atom stereocenters. The minimum Gasteiger partial charge on any atom is -0.478 e. The summed E-state index contributed by atoms with van der Waals surface area (Å²) in [6.45, 7) is 3.04. The minimum atomic E-state index is -1.01. The lowest BCUT2D eigenvalue weighted by molar-refractivity contribution is 0.0697. The quantitative estimate of drug-likeness (QED) is 0.410. The van der Waals surface area contributed by atoms with E-state index in [-0.39, 0.29) is 11.6 Å². The number of aromatic carboxylic acids is 1. The molecule has 0 spiro atoms. The molecular weight excluding hydrogens is 402 g/mol. The maximum Gasteiger partial charge on any atom is 0.337 e. The third-order valence-electron chi connectivity index (χ3n) is 4.68. The lowest BCUT2D eigenvalue weighted by Gasteiger charge is -2.19. The maximum absolute atomic E-state index is 11.5. The van der Waals surface area contributed by atoms with Gasteiger partial charge in [0, 0.05) is 41.6 Å². The van der Waals surface area contributed by atoms with Gasteiger partial charge in [0.1, 0.15) is 0 Å². The van der Waals surface area contributed by atoms with Crippen molar-refractivity contribution in [1.82, 2.24) is 10.3 Å². The Bertz CT molecular complexity index is 1010. The Labute approximate surface area is 180 Å². The van der Waals surface area contributed by atoms with Crippen molar-refractivity contribution < 1.29 is 15.0 Å². The van der Waals surface area contributed by atoms with Crippen molar-refractivity contribution in [1.29, 1.82) is 0 Å². The van der Waals surface area contributed by atoms with Crippen LogP contribution in [0.4, 0.5) is 5.69 Å². The molecule has 3 aromatic rings. The van der Waals surface area contributed by atoms with E-state index in [1.165, 1.54) is 0 Å². The van der Waals surface area contributed by atoms with Crippen LogP contribution in [0.25, 0.3) is 11.3 Å². The summed E-state index contributed by atoms with van der Waals surface area (Å²) in [5, 5.41) is 26.9. The van der Waals surface area contributed by atoms with Gasteiger partial charge in [0.15, 0.2) is 0 Å². The summed E-state index contributed by atoms with van der Waals surface area (Å²) < 4.78 is 0. The summed E-state index contributed by atoms with van der Waals surface area (Å²) in [6, 6.07) is 17.9. The van der Waals surface area contributed by atoms with Crippen molar-refractivity contribution in [2.24, 2.45) is 0 Å². The molecule has 1 aromatic heterocycles. The lowest BCUT2D eigenvalue weighted by atomic mass is 10.1. The number of carboxylic acid groups (broad SMARTS) is 1. The molecule has 2 aromatic carbocycles. The molecule has 0 aliphatic heterocycles. The molecule has 7 heteroatoms. The zero-order valence-electron chi connectivity index (χ0n) is 16.5. The monoisotopic (exact) mass is 425 g/mol. The van der Waals surface area contributed by atoms with Gasteiger partial charge in [0.05, 0.1) is 17.4 Å². The number of hydrogen-bond donors (Lipinski definition) is 4. The van der Waals surface area contributed by atoms with Crippen molar-refractivity contribution in [3.63, 3.8) is 0 Å². The predicted molar refractivity (Wildman–Crippen MR) is 119 cm³/mol. The van der Waals surface area contributed by atoms with Gasteiger partial charge in [-0.2, -0.15) is 0 Å². The topological polar surface area (TPSA) is 94.5 Å². The fourth-order valence-corrected chi connectivity index (χ4v) is 3.27. The summed E-state index contributed by atoms with van der Waals surface area (Å²) in [7, 11) is 0. The first-order valence-electron chi connectivity index (χ1n) is 9.63. The van der Waals surface area contributed by atoms with Crippen LogP contribution in [0.15, 0.2) is 66.9 Å². The highest BCUT2D eigenvalue weighted by Gasteiger charge is 2.13. The van der Waals surface area contributed by atoms with Crippen LogP contribution in [-0.2, 0) is 0 Å². The number of aromatic nitrogens is 1. The third-order valence-corrected chi connectivity index (χ3v) is 4.91. The zero-order chi connectivity index (χ0) is 21.5. The average molecular weight is 426 g/mol. The zero-order valence-corrected chi connectivity index (χ0v) is 17.3. The number of rotatable bonds is 9. The van der Waals surface area contributed by atoms with Crippen molar-refractivity contribution in [3.8, 4) is 11.3 Å². The second-order valence-corrected chi connectivity index (χ2v) is 7.48. The first-order chi connectivity index (χ1) is 14.4. The first-order valence-corrected chi connectivity index (χ1v) is 10.0. The smallest absolute Gasteiger partial charge is 0.337 e. The number of hydrogen-bond acceptors (Lipinski definition) is 5. The largest absolute Gasteiger partial charge is 0.478 e. The highest BCUT2D eigenvalue weighted by atomic mass is 35.5. The van der Waals surface area contributed by atoms with E-state index in [2.05, 4.69) is 15.6 Å². The summed E-state index contributed by atoms with van der Waals surface area (Å²) in [4.78, 5) is 15.7. The maximum atomic E-state index is 11.5. The van der Waals surface area contributed by atoms with Crippen LogP contribution in [-0.4, -0.2) is 40.3 Å². The van der Waals surface area contributed by atoms with E-state index < -0.39 is 12.1 Å². The number of carboxylic acids is 1. The van der Waals surface area contributed by atoms with E-state index in [1.807, 2.05) is 43.3 Å². The van der Waals surface area contributed by atoms with Gasteiger partial charge in [-0.25, -0.2) is 4.79 Å². The molecule has 1 heterocycles. The molecule has 0 saturated heterocycles. The van der Waals surface area contributed by atoms with Crippen LogP contribution >= 0.6 is 11.6 Å². The molecule has 0 aliphatic carbocycles.